The summed E-state index contributed by atoms with van der Waals surface area (Å²) in [5.41, 5.74) is 8.91. The van der Waals surface area contributed by atoms with E-state index in [2.05, 4.69) is 15.5 Å². The van der Waals surface area contributed by atoms with Gasteiger partial charge in [0.2, 0.25) is 11.6 Å². The predicted octanol–water partition coefficient (Wildman–Crippen LogP) is 1.75. The van der Waals surface area contributed by atoms with Gasteiger partial charge in [0, 0.05) is 5.56 Å². The molecule has 24 heavy (non-hydrogen) atoms. The largest absolute Gasteiger partial charge is 0.461 e. The third kappa shape index (κ3) is 3.95. The number of nitrogens with zero attached hydrogens (tertiary/aromatic N) is 3. The number of carbonyl (C=O) groups excluding carboxylic acids is 1. The first-order valence-electron chi connectivity index (χ1n) is 6.86. The fourth-order valence-electron chi connectivity index (χ4n) is 1.66. The molecule has 122 valence electrons. The molecular formula is C15H14N6O3. The number of amidine groups is 1. The molecule has 0 radical (unpaired) electrons. The number of esters is 1. The summed E-state index contributed by atoms with van der Waals surface area (Å²) in [5, 5.41) is 19.6. The van der Waals surface area contributed by atoms with Crippen molar-refractivity contribution in [3.63, 3.8) is 0 Å². The van der Waals surface area contributed by atoms with Crippen LogP contribution in [0, 0.1) is 16.7 Å². The summed E-state index contributed by atoms with van der Waals surface area (Å²) in [6.45, 7) is 1.96. The van der Waals surface area contributed by atoms with Gasteiger partial charge in [-0.15, -0.1) is 0 Å². The minimum absolute atomic E-state index is 0.0961. The first kappa shape index (κ1) is 16.7. The van der Waals surface area contributed by atoms with Crippen LogP contribution in [-0.4, -0.2) is 29.1 Å². The van der Waals surface area contributed by atoms with Crippen molar-refractivity contribution < 1.29 is 13.9 Å². The molecule has 1 aromatic heterocycles. The van der Waals surface area contributed by atoms with Crippen LogP contribution in [0.5, 0.6) is 0 Å². The molecule has 0 aliphatic rings. The summed E-state index contributed by atoms with van der Waals surface area (Å²) in [4.78, 5) is 15.6. The number of hydrogen-bond acceptors (Lipinski definition) is 8. The maximum Gasteiger partial charge on any atom is 0.360 e. The molecule has 0 unspecified atom stereocenters. The Kier molecular flexibility index (Phi) is 5.25. The number of aromatic nitrogens is 1. The van der Waals surface area contributed by atoms with E-state index >= 15 is 0 Å². The van der Waals surface area contributed by atoms with Gasteiger partial charge in [0.15, 0.2) is 11.5 Å². The minimum atomic E-state index is -0.548. The van der Waals surface area contributed by atoms with E-state index in [9.17, 15) is 4.79 Å². The van der Waals surface area contributed by atoms with Crippen molar-refractivity contribution >= 4 is 23.2 Å². The molecule has 0 aliphatic heterocycles. The Hall–Kier alpha value is -3.67. The van der Waals surface area contributed by atoms with Crippen molar-refractivity contribution in [2.45, 2.75) is 6.92 Å². The highest BCUT2D eigenvalue weighted by Gasteiger charge is 2.14. The molecule has 0 atom stereocenters. The van der Waals surface area contributed by atoms with Crippen molar-refractivity contribution in [3.8, 4) is 17.5 Å². The molecule has 0 amide bonds. The lowest BCUT2D eigenvalue weighted by atomic mass is 10.2. The average Bonchev–Trinajstić information content (AvgIpc) is 3.06. The van der Waals surface area contributed by atoms with Gasteiger partial charge in [-0.1, -0.05) is 0 Å². The number of hydrogen-bond donors (Lipinski definition) is 3. The lowest BCUT2D eigenvalue weighted by molar-refractivity contribution is 0.0519. The second-order valence-corrected chi connectivity index (χ2v) is 4.43. The fraction of sp³-hybridized carbons (Fsp3) is 0.133. The fourth-order valence-corrected chi connectivity index (χ4v) is 1.66. The molecular weight excluding hydrogens is 312 g/mol. The molecule has 1 aromatic carbocycles. The number of nitrogens with two attached hydrogens (primary N) is 1. The molecule has 0 spiro atoms. The Bertz CT molecular complexity index is 816. The van der Waals surface area contributed by atoms with Crippen LogP contribution in [0.15, 0.2) is 40.0 Å². The second-order valence-electron chi connectivity index (χ2n) is 4.43. The number of rotatable bonds is 6. The molecule has 2 aromatic rings. The first-order chi connectivity index (χ1) is 11.5. The van der Waals surface area contributed by atoms with E-state index in [1.54, 1.807) is 37.3 Å². The Morgan fingerprint density at radius 2 is 2.21 bits per heavy atom. The van der Waals surface area contributed by atoms with Gasteiger partial charge in [-0.05, 0) is 31.2 Å². The van der Waals surface area contributed by atoms with E-state index in [-0.39, 0.29) is 23.9 Å². The van der Waals surface area contributed by atoms with Crippen molar-refractivity contribution in [1.82, 2.24) is 4.98 Å². The minimum Gasteiger partial charge on any atom is -0.461 e. The summed E-state index contributed by atoms with van der Waals surface area (Å²) < 4.78 is 10.1. The Balaban J connectivity index is 2.11. The van der Waals surface area contributed by atoms with E-state index in [1.165, 1.54) is 6.26 Å². The molecule has 9 heteroatoms. The molecule has 0 fully saturated rings. The Morgan fingerprint density at radius 3 is 2.79 bits per heavy atom. The monoisotopic (exact) mass is 326 g/mol. The highest BCUT2D eigenvalue weighted by Crippen LogP contribution is 2.21. The quantitative estimate of drug-likeness (QED) is 0.316. The van der Waals surface area contributed by atoms with Gasteiger partial charge in [-0.2, -0.15) is 10.4 Å². The van der Waals surface area contributed by atoms with Gasteiger partial charge in [-0.25, -0.2) is 9.78 Å². The molecule has 1 heterocycles. The molecule has 4 N–H and O–H groups in total. The lowest BCUT2D eigenvalue weighted by Gasteiger charge is -2.02. The highest BCUT2D eigenvalue weighted by atomic mass is 16.5. The number of nitrogens with one attached hydrogen (secondary N) is 2. The molecule has 2 rings (SSSR count). The van der Waals surface area contributed by atoms with E-state index in [0.29, 0.717) is 11.3 Å². The van der Waals surface area contributed by atoms with E-state index in [4.69, 9.17) is 25.6 Å². The van der Waals surface area contributed by atoms with Gasteiger partial charge in [0.05, 0.1) is 12.3 Å². The van der Waals surface area contributed by atoms with E-state index < -0.39 is 11.8 Å². The highest BCUT2D eigenvalue weighted by molar-refractivity contribution is 6.45. The molecule has 9 nitrogen and oxygen atoms in total. The van der Waals surface area contributed by atoms with Crippen molar-refractivity contribution in [2.75, 3.05) is 12.0 Å². The van der Waals surface area contributed by atoms with Crippen molar-refractivity contribution in [1.29, 1.82) is 10.7 Å². The molecule has 0 bridgehead atoms. The number of ether oxygens (including phenoxy) is 1. The Morgan fingerprint density at radius 1 is 1.50 bits per heavy atom. The van der Waals surface area contributed by atoms with Gasteiger partial charge in [0.25, 0.3) is 0 Å². The van der Waals surface area contributed by atoms with Gasteiger partial charge >= 0.3 is 5.97 Å². The number of nitriles is 1. The van der Waals surface area contributed by atoms with Gasteiger partial charge in [0.1, 0.15) is 12.3 Å². The summed E-state index contributed by atoms with van der Waals surface area (Å²) in [6.07, 6.45) is 1.23. The average molecular weight is 326 g/mol. The molecule has 0 saturated carbocycles. The van der Waals surface area contributed by atoms with Crippen LogP contribution in [0.4, 0.5) is 5.69 Å². The van der Waals surface area contributed by atoms with Crippen LogP contribution in [0.2, 0.25) is 0 Å². The van der Waals surface area contributed by atoms with Gasteiger partial charge < -0.3 is 14.9 Å². The number of hydrazone groups is 1. The summed E-state index contributed by atoms with van der Waals surface area (Å²) in [5.74, 6) is -0.698. The van der Waals surface area contributed by atoms with Gasteiger partial charge in [-0.3, -0.25) is 10.8 Å². The van der Waals surface area contributed by atoms with Crippen LogP contribution < -0.4 is 11.2 Å². The maximum atomic E-state index is 11.6. The summed E-state index contributed by atoms with van der Waals surface area (Å²) >= 11 is 0. The zero-order valence-corrected chi connectivity index (χ0v) is 12.7. The summed E-state index contributed by atoms with van der Waals surface area (Å²) in [7, 11) is 0. The number of carbonyl (C=O) groups is 1. The lowest BCUT2D eigenvalue weighted by Crippen LogP contribution is -2.21. The normalized spacial score (nSPS) is 10.8. The third-order valence-corrected chi connectivity index (χ3v) is 2.78. The zero-order chi connectivity index (χ0) is 17.5. The van der Waals surface area contributed by atoms with Crippen molar-refractivity contribution in [2.24, 2.45) is 10.8 Å². The zero-order valence-electron chi connectivity index (χ0n) is 12.7. The van der Waals surface area contributed by atoms with Crippen LogP contribution in [0.25, 0.3) is 11.5 Å². The van der Waals surface area contributed by atoms with Crippen LogP contribution >= 0.6 is 0 Å². The first-order valence-corrected chi connectivity index (χ1v) is 6.86. The van der Waals surface area contributed by atoms with Crippen LogP contribution in [-0.2, 0) is 4.74 Å². The smallest absolute Gasteiger partial charge is 0.360 e. The standard InChI is InChI=1S/C15H14N6O3/c1-2-23-15(22)12-8-24-14(19-12)9-3-5-10(6-4-9)20-21-11(7-16)13(17)18/h3-6,8,20H,2H2,1H3,(H3,17,18)/b21-11+. The Labute approximate surface area is 137 Å². The van der Waals surface area contributed by atoms with E-state index in [0.717, 1.165) is 0 Å². The predicted molar refractivity (Wildman–Crippen MR) is 86.5 cm³/mol. The topological polar surface area (TPSA) is 150 Å². The number of anilines is 1. The summed E-state index contributed by atoms with van der Waals surface area (Å²) in [6, 6.07) is 8.43. The maximum absolute atomic E-state index is 11.6. The SMILES string of the molecule is CCOC(=O)c1coc(-c2ccc(N/N=C(\C#N)C(=N)N)cc2)n1. The molecule has 0 saturated heterocycles. The van der Waals surface area contributed by atoms with Crippen molar-refractivity contribution in [3.05, 3.63) is 36.2 Å². The van der Waals surface area contributed by atoms with E-state index in [1.807, 2.05) is 0 Å². The number of oxazole rings is 1. The van der Waals surface area contributed by atoms with Crippen LogP contribution in [0.1, 0.15) is 17.4 Å². The number of benzene rings is 1. The molecule has 0 aliphatic carbocycles. The third-order valence-electron chi connectivity index (χ3n) is 2.78. The second kappa shape index (κ2) is 7.55. The van der Waals surface area contributed by atoms with Crippen LogP contribution in [0.3, 0.4) is 0 Å².